The SMILES string of the molecule is CCOc1ccccc1CCC(=O)N(CC)[C@H]1CCS(=O)(=O)C1. The van der Waals surface area contributed by atoms with Crippen molar-refractivity contribution in [3.05, 3.63) is 29.8 Å². The second-order valence-electron chi connectivity index (χ2n) is 5.78. The van der Waals surface area contributed by atoms with Gasteiger partial charge < -0.3 is 9.64 Å². The Hall–Kier alpha value is -1.56. The molecule has 0 aliphatic carbocycles. The van der Waals surface area contributed by atoms with E-state index < -0.39 is 9.84 Å². The third-order valence-electron chi connectivity index (χ3n) is 4.19. The first-order valence-corrected chi connectivity index (χ1v) is 9.99. The fourth-order valence-electron chi connectivity index (χ4n) is 3.05. The zero-order valence-corrected chi connectivity index (χ0v) is 14.6. The summed E-state index contributed by atoms with van der Waals surface area (Å²) in [5.41, 5.74) is 1.01. The number of para-hydroxylation sites is 1. The van der Waals surface area contributed by atoms with E-state index in [2.05, 4.69) is 0 Å². The van der Waals surface area contributed by atoms with Crippen LogP contribution in [0.5, 0.6) is 5.75 Å². The molecule has 128 valence electrons. The highest BCUT2D eigenvalue weighted by Crippen LogP contribution is 2.22. The molecule has 1 heterocycles. The van der Waals surface area contributed by atoms with Gasteiger partial charge in [-0.3, -0.25) is 4.79 Å². The van der Waals surface area contributed by atoms with E-state index in [0.717, 1.165) is 11.3 Å². The molecule has 1 aliphatic rings. The van der Waals surface area contributed by atoms with E-state index in [0.29, 0.717) is 32.4 Å². The molecular formula is C17H25NO4S. The molecule has 1 fully saturated rings. The Kier molecular flexibility index (Phi) is 6.04. The predicted molar refractivity (Wildman–Crippen MR) is 90.4 cm³/mol. The number of carbonyl (C=O) groups is 1. The van der Waals surface area contributed by atoms with Gasteiger partial charge in [-0.15, -0.1) is 0 Å². The van der Waals surface area contributed by atoms with Crippen LogP contribution in [0.15, 0.2) is 24.3 Å². The van der Waals surface area contributed by atoms with E-state index in [9.17, 15) is 13.2 Å². The molecule has 0 N–H and O–H groups in total. The molecule has 0 unspecified atom stereocenters. The number of rotatable bonds is 7. The summed E-state index contributed by atoms with van der Waals surface area (Å²) in [6.07, 6.45) is 1.52. The average molecular weight is 339 g/mol. The number of carbonyl (C=O) groups excluding carboxylic acids is 1. The minimum atomic E-state index is -2.98. The van der Waals surface area contributed by atoms with E-state index in [-0.39, 0.29) is 23.5 Å². The van der Waals surface area contributed by atoms with Crippen molar-refractivity contribution in [2.75, 3.05) is 24.7 Å². The van der Waals surface area contributed by atoms with Crippen molar-refractivity contribution in [1.29, 1.82) is 0 Å². The van der Waals surface area contributed by atoms with Crippen LogP contribution >= 0.6 is 0 Å². The van der Waals surface area contributed by atoms with Crippen molar-refractivity contribution in [3.8, 4) is 5.75 Å². The van der Waals surface area contributed by atoms with Gasteiger partial charge in [0, 0.05) is 19.0 Å². The van der Waals surface area contributed by atoms with Crippen LogP contribution in [0.25, 0.3) is 0 Å². The maximum absolute atomic E-state index is 12.5. The Balaban J connectivity index is 1.98. The molecule has 23 heavy (non-hydrogen) atoms. The Bertz CT molecular complexity index is 642. The molecule has 0 saturated carbocycles. The van der Waals surface area contributed by atoms with Crippen LogP contribution in [0.3, 0.4) is 0 Å². The second-order valence-corrected chi connectivity index (χ2v) is 8.01. The highest BCUT2D eigenvalue weighted by molar-refractivity contribution is 7.91. The van der Waals surface area contributed by atoms with Crippen LogP contribution in [-0.2, 0) is 21.1 Å². The molecule has 0 bridgehead atoms. The highest BCUT2D eigenvalue weighted by atomic mass is 32.2. The van der Waals surface area contributed by atoms with Gasteiger partial charge in [0.25, 0.3) is 0 Å². The lowest BCUT2D eigenvalue weighted by molar-refractivity contribution is -0.132. The molecular weight excluding hydrogens is 314 g/mol. The summed E-state index contributed by atoms with van der Waals surface area (Å²) in [5.74, 6) is 1.12. The van der Waals surface area contributed by atoms with Crippen molar-refractivity contribution in [2.24, 2.45) is 0 Å². The van der Waals surface area contributed by atoms with Gasteiger partial charge in [-0.2, -0.15) is 0 Å². The maximum Gasteiger partial charge on any atom is 0.223 e. The third-order valence-corrected chi connectivity index (χ3v) is 5.94. The minimum Gasteiger partial charge on any atom is -0.494 e. The van der Waals surface area contributed by atoms with Crippen LogP contribution in [0.1, 0.15) is 32.3 Å². The normalized spacial score (nSPS) is 19.5. The Labute approximate surface area is 138 Å². The van der Waals surface area contributed by atoms with Crippen LogP contribution in [0.2, 0.25) is 0 Å². The van der Waals surface area contributed by atoms with Crippen molar-refractivity contribution in [3.63, 3.8) is 0 Å². The number of benzene rings is 1. The lowest BCUT2D eigenvalue weighted by Crippen LogP contribution is -2.41. The highest BCUT2D eigenvalue weighted by Gasteiger charge is 2.33. The van der Waals surface area contributed by atoms with Crippen molar-refractivity contribution in [1.82, 2.24) is 4.90 Å². The molecule has 0 spiro atoms. The summed E-state index contributed by atoms with van der Waals surface area (Å²) in [7, 11) is -2.98. The lowest BCUT2D eigenvalue weighted by atomic mass is 10.1. The Morgan fingerprint density at radius 3 is 2.65 bits per heavy atom. The predicted octanol–water partition coefficient (Wildman–Crippen LogP) is 2.05. The molecule has 1 aromatic carbocycles. The zero-order chi connectivity index (χ0) is 16.9. The smallest absolute Gasteiger partial charge is 0.223 e. The summed E-state index contributed by atoms with van der Waals surface area (Å²) >= 11 is 0. The lowest BCUT2D eigenvalue weighted by Gasteiger charge is -2.27. The first-order valence-electron chi connectivity index (χ1n) is 8.17. The Morgan fingerprint density at radius 1 is 1.30 bits per heavy atom. The first kappa shape index (κ1) is 17.8. The molecule has 1 aliphatic heterocycles. The minimum absolute atomic E-state index is 0.0147. The van der Waals surface area contributed by atoms with E-state index in [1.807, 2.05) is 38.1 Å². The number of nitrogens with zero attached hydrogens (tertiary/aromatic N) is 1. The standard InChI is InChI=1S/C17H25NO4S/c1-3-18(15-11-12-23(20,21)13-15)17(19)10-9-14-7-5-6-8-16(14)22-4-2/h5-8,15H,3-4,9-13H2,1-2H3/t15-/m0/s1. The number of ether oxygens (including phenoxy) is 1. The summed E-state index contributed by atoms with van der Waals surface area (Å²) < 4.78 is 28.8. The summed E-state index contributed by atoms with van der Waals surface area (Å²) in [6.45, 7) is 4.97. The quantitative estimate of drug-likeness (QED) is 0.763. The topological polar surface area (TPSA) is 63.7 Å². The van der Waals surface area contributed by atoms with Gasteiger partial charge in [0.2, 0.25) is 5.91 Å². The molecule has 1 saturated heterocycles. The van der Waals surface area contributed by atoms with E-state index in [4.69, 9.17) is 4.74 Å². The van der Waals surface area contributed by atoms with Crippen molar-refractivity contribution < 1.29 is 17.9 Å². The van der Waals surface area contributed by atoms with E-state index >= 15 is 0 Å². The first-order chi connectivity index (χ1) is 11.0. The van der Waals surface area contributed by atoms with Crippen molar-refractivity contribution >= 4 is 15.7 Å². The molecule has 0 aromatic heterocycles. The van der Waals surface area contributed by atoms with Gasteiger partial charge >= 0.3 is 0 Å². The van der Waals surface area contributed by atoms with Gasteiger partial charge in [-0.05, 0) is 38.3 Å². The second kappa shape index (κ2) is 7.81. The monoisotopic (exact) mass is 339 g/mol. The molecule has 5 nitrogen and oxygen atoms in total. The number of sulfone groups is 1. The van der Waals surface area contributed by atoms with Gasteiger partial charge in [0.1, 0.15) is 5.75 Å². The van der Waals surface area contributed by atoms with Gasteiger partial charge in [0.15, 0.2) is 9.84 Å². The Morgan fingerprint density at radius 2 is 2.04 bits per heavy atom. The number of aryl methyl sites for hydroxylation is 1. The van der Waals surface area contributed by atoms with Gasteiger partial charge in [-0.1, -0.05) is 18.2 Å². The van der Waals surface area contributed by atoms with Gasteiger partial charge in [0.05, 0.1) is 18.1 Å². The molecule has 1 atom stereocenters. The van der Waals surface area contributed by atoms with Crippen molar-refractivity contribution in [2.45, 2.75) is 39.2 Å². The number of hydrogen-bond acceptors (Lipinski definition) is 4. The third kappa shape index (κ3) is 4.70. The molecule has 1 aromatic rings. The van der Waals surface area contributed by atoms with E-state index in [1.54, 1.807) is 4.90 Å². The molecule has 0 radical (unpaired) electrons. The van der Waals surface area contributed by atoms with Gasteiger partial charge in [-0.25, -0.2) is 8.42 Å². The summed E-state index contributed by atoms with van der Waals surface area (Å²) in [5, 5.41) is 0. The number of hydrogen-bond donors (Lipinski definition) is 0. The van der Waals surface area contributed by atoms with E-state index in [1.165, 1.54) is 0 Å². The van der Waals surface area contributed by atoms with Crippen LogP contribution in [0.4, 0.5) is 0 Å². The fourth-order valence-corrected chi connectivity index (χ4v) is 4.78. The zero-order valence-electron chi connectivity index (χ0n) is 13.8. The summed E-state index contributed by atoms with van der Waals surface area (Å²) in [6, 6.07) is 7.56. The molecule has 1 amide bonds. The van der Waals surface area contributed by atoms with Crippen LogP contribution in [0, 0.1) is 0 Å². The van der Waals surface area contributed by atoms with Crippen LogP contribution in [-0.4, -0.2) is 49.9 Å². The number of amides is 1. The fraction of sp³-hybridized carbons (Fsp3) is 0.588. The largest absolute Gasteiger partial charge is 0.494 e. The molecule has 6 heteroatoms. The summed E-state index contributed by atoms with van der Waals surface area (Å²) in [4.78, 5) is 14.2. The molecule has 2 rings (SSSR count). The van der Waals surface area contributed by atoms with Crippen LogP contribution < -0.4 is 4.74 Å². The maximum atomic E-state index is 12.5. The average Bonchev–Trinajstić information content (AvgIpc) is 2.87.